The highest BCUT2D eigenvalue weighted by molar-refractivity contribution is 5.66. The van der Waals surface area contributed by atoms with E-state index in [4.69, 9.17) is 4.74 Å². The number of esters is 1. The van der Waals surface area contributed by atoms with Gasteiger partial charge in [0.05, 0.1) is 0 Å². The van der Waals surface area contributed by atoms with Crippen molar-refractivity contribution in [3.05, 3.63) is 0 Å². The lowest BCUT2D eigenvalue weighted by atomic mass is 9.77. The van der Waals surface area contributed by atoms with Crippen LogP contribution in [-0.2, 0) is 9.53 Å². The van der Waals surface area contributed by atoms with Crippen LogP contribution in [0.3, 0.4) is 0 Å². The number of rotatable bonds is 1. The van der Waals surface area contributed by atoms with E-state index in [1.54, 1.807) is 0 Å². The van der Waals surface area contributed by atoms with Gasteiger partial charge in [0.1, 0.15) is 6.10 Å². The van der Waals surface area contributed by atoms with Gasteiger partial charge in [-0.2, -0.15) is 0 Å². The number of nitrogens with one attached hydrogen (secondary N) is 1. The number of hydrogen-bond donors (Lipinski definition) is 1. The number of carbonyl (C=O) groups is 1. The summed E-state index contributed by atoms with van der Waals surface area (Å²) in [5.74, 6) is 0.447. The van der Waals surface area contributed by atoms with Crippen LogP contribution in [0.5, 0.6) is 0 Å². The summed E-state index contributed by atoms with van der Waals surface area (Å²) in [6.07, 6.45) is 6.12. The second-order valence-corrected chi connectivity index (χ2v) is 4.45. The normalized spacial score (nSPS) is 37.4. The molecule has 0 spiro atoms. The Bertz CT molecular complexity index is 215. The van der Waals surface area contributed by atoms with E-state index in [0.717, 1.165) is 13.0 Å². The summed E-state index contributed by atoms with van der Waals surface area (Å²) in [6.45, 7) is 2.65. The van der Waals surface area contributed by atoms with Crippen molar-refractivity contribution < 1.29 is 9.53 Å². The first-order valence-corrected chi connectivity index (χ1v) is 5.68. The van der Waals surface area contributed by atoms with Gasteiger partial charge in [0.2, 0.25) is 0 Å². The number of hydrogen-bond acceptors (Lipinski definition) is 3. The third kappa shape index (κ3) is 2.08. The van der Waals surface area contributed by atoms with Gasteiger partial charge in [-0.1, -0.05) is 0 Å². The molecule has 0 aromatic rings. The summed E-state index contributed by atoms with van der Waals surface area (Å²) in [4.78, 5) is 10.9. The van der Waals surface area contributed by atoms with Gasteiger partial charge in [-0.25, -0.2) is 0 Å². The van der Waals surface area contributed by atoms with Gasteiger partial charge in [0, 0.05) is 18.9 Å². The summed E-state index contributed by atoms with van der Waals surface area (Å²) in [5.41, 5.74) is 0. The standard InChI is InChI=1S/C11H19NO2/c1-8(13)14-11-6-2-5-10-9(11)4-3-7-12-10/h9-12H,2-7H2,1H3/t9-,10+,11+/m0/s1. The van der Waals surface area contributed by atoms with Gasteiger partial charge in [-0.3, -0.25) is 4.79 Å². The average molecular weight is 197 g/mol. The minimum Gasteiger partial charge on any atom is -0.462 e. The zero-order valence-corrected chi connectivity index (χ0v) is 8.79. The van der Waals surface area contributed by atoms with Crippen molar-refractivity contribution in [2.45, 2.75) is 51.2 Å². The van der Waals surface area contributed by atoms with Crippen LogP contribution >= 0.6 is 0 Å². The van der Waals surface area contributed by atoms with Crippen molar-refractivity contribution in [3.63, 3.8) is 0 Å². The van der Waals surface area contributed by atoms with Gasteiger partial charge in [0.25, 0.3) is 0 Å². The summed E-state index contributed by atoms with van der Waals surface area (Å²) in [7, 11) is 0. The molecule has 0 aromatic carbocycles. The van der Waals surface area contributed by atoms with Crippen LogP contribution in [0, 0.1) is 5.92 Å². The van der Waals surface area contributed by atoms with Crippen molar-refractivity contribution in [1.82, 2.24) is 5.32 Å². The molecule has 1 aliphatic heterocycles. The van der Waals surface area contributed by atoms with Crippen molar-refractivity contribution in [2.24, 2.45) is 5.92 Å². The fraction of sp³-hybridized carbons (Fsp3) is 0.909. The Morgan fingerprint density at radius 2 is 2.14 bits per heavy atom. The maximum Gasteiger partial charge on any atom is 0.302 e. The van der Waals surface area contributed by atoms with Crippen LogP contribution in [0.15, 0.2) is 0 Å². The molecule has 1 saturated heterocycles. The van der Waals surface area contributed by atoms with Crippen LogP contribution in [0.1, 0.15) is 39.0 Å². The Morgan fingerprint density at radius 1 is 1.29 bits per heavy atom. The molecule has 1 aliphatic carbocycles. The Hall–Kier alpha value is -0.570. The molecule has 1 N–H and O–H groups in total. The zero-order valence-electron chi connectivity index (χ0n) is 8.79. The molecule has 1 heterocycles. The highest BCUT2D eigenvalue weighted by Crippen LogP contribution is 2.32. The number of ether oxygens (including phenoxy) is 1. The fourth-order valence-electron chi connectivity index (χ4n) is 2.85. The van der Waals surface area contributed by atoms with Crippen LogP contribution in [0.4, 0.5) is 0 Å². The lowest BCUT2D eigenvalue weighted by molar-refractivity contribution is -0.152. The van der Waals surface area contributed by atoms with E-state index >= 15 is 0 Å². The van der Waals surface area contributed by atoms with E-state index in [2.05, 4.69) is 5.32 Å². The molecule has 0 radical (unpaired) electrons. The quantitative estimate of drug-likeness (QED) is 0.647. The van der Waals surface area contributed by atoms with E-state index in [1.165, 1.54) is 32.6 Å². The monoisotopic (exact) mass is 197 g/mol. The Morgan fingerprint density at radius 3 is 2.93 bits per heavy atom. The molecule has 0 amide bonds. The molecule has 2 rings (SSSR count). The predicted octanol–water partition coefficient (Wildman–Crippen LogP) is 1.47. The van der Waals surface area contributed by atoms with Crippen LogP contribution < -0.4 is 5.32 Å². The van der Waals surface area contributed by atoms with E-state index in [1.807, 2.05) is 0 Å². The second-order valence-electron chi connectivity index (χ2n) is 4.45. The summed E-state index contributed by atoms with van der Waals surface area (Å²) in [6, 6.07) is 0.599. The minimum absolute atomic E-state index is 0.124. The Kier molecular flexibility index (Phi) is 3.06. The second kappa shape index (κ2) is 4.30. The molecule has 80 valence electrons. The lowest BCUT2D eigenvalue weighted by Crippen LogP contribution is -2.49. The molecule has 2 fully saturated rings. The molecular formula is C11H19NO2. The number of fused-ring (bicyclic) bond motifs is 1. The third-order valence-corrected chi connectivity index (χ3v) is 3.44. The molecule has 14 heavy (non-hydrogen) atoms. The van der Waals surface area contributed by atoms with E-state index in [-0.39, 0.29) is 12.1 Å². The lowest BCUT2D eigenvalue weighted by Gasteiger charge is -2.41. The largest absolute Gasteiger partial charge is 0.462 e. The molecule has 1 saturated carbocycles. The van der Waals surface area contributed by atoms with E-state index in [0.29, 0.717) is 12.0 Å². The average Bonchev–Trinajstić information content (AvgIpc) is 2.18. The molecule has 3 nitrogen and oxygen atoms in total. The molecule has 3 heteroatoms. The van der Waals surface area contributed by atoms with Crippen molar-refractivity contribution in [1.29, 1.82) is 0 Å². The highest BCUT2D eigenvalue weighted by Gasteiger charge is 2.36. The van der Waals surface area contributed by atoms with E-state index < -0.39 is 0 Å². The van der Waals surface area contributed by atoms with Crippen molar-refractivity contribution in [3.8, 4) is 0 Å². The molecular weight excluding hydrogens is 178 g/mol. The van der Waals surface area contributed by atoms with Gasteiger partial charge in [-0.15, -0.1) is 0 Å². The van der Waals surface area contributed by atoms with Gasteiger partial charge in [0.15, 0.2) is 0 Å². The molecule has 0 aromatic heterocycles. The minimum atomic E-state index is -0.124. The molecule has 3 atom stereocenters. The van der Waals surface area contributed by atoms with E-state index in [9.17, 15) is 4.79 Å². The van der Waals surface area contributed by atoms with Gasteiger partial charge >= 0.3 is 5.97 Å². The van der Waals surface area contributed by atoms with Crippen LogP contribution in [0.25, 0.3) is 0 Å². The highest BCUT2D eigenvalue weighted by atomic mass is 16.5. The Balaban J connectivity index is 1.97. The fourth-order valence-corrected chi connectivity index (χ4v) is 2.85. The summed E-state index contributed by atoms with van der Waals surface area (Å²) in [5, 5.41) is 3.53. The first-order chi connectivity index (χ1) is 6.77. The van der Waals surface area contributed by atoms with Crippen molar-refractivity contribution in [2.75, 3.05) is 6.54 Å². The van der Waals surface area contributed by atoms with Gasteiger partial charge < -0.3 is 10.1 Å². The topological polar surface area (TPSA) is 38.3 Å². The van der Waals surface area contributed by atoms with Crippen LogP contribution in [-0.4, -0.2) is 24.7 Å². The number of carbonyl (C=O) groups excluding carboxylic acids is 1. The van der Waals surface area contributed by atoms with Gasteiger partial charge in [-0.05, 0) is 38.6 Å². The molecule has 2 aliphatic rings. The third-order valence-electron chi connectivity index (χ3n) is 3.44. The first kappa shape index (κ1) is 9.97. The Labute approximate surface area is 85.2 Å². The first-order valence-electron chi connectivity index (χ1n) is 5.68. The summed E-state index contributed by atoms with van der Waals surface area (Å²) < 4.78 is 5.38. The smallest absolute Gasteiger partial charge is 0.302 e. The predicted molar refractivity (Wildman–Crippen MR) is 53.9 cm³/mol. The molecule has 0 bridgehead atoms. The summed E-state index contributed by atoms with van der Waals surface area (Å²) >= 11 is 0. The molecule has 0 unspecified atom stereocenters. The SMILES string of the molecule is CC(=O)O[C@@H]1CCC[C@H]2NCCC[C@@H]21. The van der Waals surface area contributed by atoms with Crippen molar-refractivity contribution >= 4 is 5.97 Å². The van der Waals surface area contributed by atoms with Crippen LogP contribution in [0.2, 0.25) is 0 Å². The zero-order chi connectivity index (χ0) is 9.97. The maximum absolute atomic E-state index is 10.9. The number of piperidine rings is 1. The maximum atomic E-state index is 10.9.